The van der Waals surface area contributed by atoms with Crippen LogP contribution < -0.4 is 16.0 Å². The molecule has 0 aromatic heterocycles. The molecule has 0 saturated heterocycles. The van der Waals surface area contributed by atoms with Gasteiger partial charge in [0.15, 0.2) is 0 Å². The summed E-state index contributed by atoms with van der Waals surface area (Å²) >= 11 is 0. The quantitative estimate of drug-likeness (QED) is 0.797. The van der Waals surface area contributed by atoms with E-state index in [0.717, 1.165) is 12.8 Å². The lowest BCUT2D eigenvalue weighted by Crippen LogP contribution is -2.33. The summed E-state index contributed by atoms with van der Waals surface area (Å²) in [6.07, 6.45) is 6.05. The Kier molecular flexibility index (Phi) is 5.75. The van der Waals surface area contributed by atoms with Gasteiger partial charge in [0, 0.05) is 19.2 Å². The number of urea groups is 1. The lowest BCUT2D eigenvalue weighted by Gasteiger charge is -2.21. The molecule has 22 heavy (non-hydrogen) atoms. The monoisotopic (exact) mass is 307 g/mol. The summed E-state index contributed by atoms with van der Waals surface area (Å²) in [6, 6.07) is 3.76. The normalized spacial score (nSPS) is 15.2. The molecule has 5 nitrogen and oxygen atoms in total. The number of hydrogen-bond donors (Lipinski definition) is 3. The molecule has 120 valence electrons. The zero-order valence-electron chi connectivity index (χ0n) is 12.7. The van der Waals surface area contributed by atoms with Gasteiger partial charge in [-0.25, -0.2) is 9.18 Å². The van der Waals surface area contributed by atoms with Crippen molar-refractivity contribution in [1.29, 1.82) is 0 Å². The van der Waals surface area contributed by atoms with Crippen LogP contribution >= 0.6 is 0 Å². The number of benzene rings is 1. The summed E-state index contributed by atoms with van der Waals surface area (Å²) in [5.74, 6) is -0.358. The van der Waals surface area contributed by atoms with E-state index in [1.54, 1.807) is 0 Å². The highest BCUT2D eigenvalue weighted by molar-refractivity contribution is 5.92. The second-order valence-corrected chi connectivity index (χ2v) is 5.71. The van der Waals surface area contributed by atoms with Crippen molar-refractivity contribution < 1.29 is 14.0 Å². The largest absolute Gasteiger partial charge is 0.338 e. The van der Waals surface area contributed by atoms with Crippen molar-refractivity contribution in [2.45, 2.75) is 39.0 Å². The lowest BCUT2D eigenvalue weighted by atomic mass is 9.89. The Morgan fingerprint density at radius 2 is 1.91 bits per heavy atom. The van der Waals surface area contributed by atoms with Crippen LogP contribution in [0.1, 0.15) is 39.0 Å². The Morgan fingerprint density at radius 3 is 2.59 bits per heavy atom. The number of amides is 3. The van der Waals surface area contributed by atoms with Crippen LogP contribution in [0.3, 0.4) is 0 Å². The summed E-state index contributed by atoms with van der Waals surface area (Å²) < 4.78 is 13.5. The standard InChI is InChI=1S/C16H22FN3O2/c1-11(21)19-15-9-13(7-8-14(15)17)20-16(22)18-10-12-5-3-2-4-6-12/h7-9,12H,2-6,10H2,1H3,(H,19,21)(H2,18,20,22). The summed E-state index contributed by atoms with van der Waals surface area (Å²) in [5, 5.41) is 7.88. The van der Waals surface area contributed by atoms with Crippen molar-refractivity contribution in [1.82, 2.24) is 5.32 Å². The molecule has 1 aliphatic rings. The third-order valence-corrected chi connectivity index (χ3v) is 3.81. The van der Waals surface area contributed by atoms with Gasteiger partial charge in [0.25, 0.3) is 0 Å². The van der Waals surface area contributed by atoms with Crippen LogP contribution in [-0.2, 0) is 4.79 Å². The Hall–Kier alpha value is -2.11. The van der Waals surface area contributed by atoms with Gasteiger partial charge in [0.2, 0.25) is 5.91 Å². The third-order valence-electron chi connectivity index (χ3n) is 3.81. The van der Waals surface area contributed by atoms with Crippen LogP contribution in [0.25, 0.3) is 0 Å². The predicted molar refractivity (Wildman–Crippen MR) is 84.3 cm³/mol. The molecule has 1 aliphatic carbocycles. The number of rotatable bonds is 4. The fourth-order valence-corrected chi connectivity index (χ4v) is 2.69. The minimum Gasteiger partial charge on any atom is -0.338 e. The van der Waals surface area contributed by atoms with Crippen LogP contribution in [0.2, 0.25) is 0 Å². The first-order valence-corrected chi connectivity index (χ1v) is 7.66. The third kappa shape index (κ3) is 5.02. The van der Waals surface area contributed by atoms with Crippen molar-refractivity contribution in [2.75, 3.05) is 17.2 Å². The van der Waals surface area contributed by atoms with Crippen LogP contribution in [0.15, 0.2) is 18.2 Å². The molecule has 2 rings (SSSR count). The van der Waals surface area contributed by atoms with Gasteiger partial charge in [-0.3, -0.25) is 4.79 Å². The Morgan fingerprint density at radius 1 is 1.18 bits per heavy atom. The maximum Gasteiger partial charge on any atom is 0.319 e. The molecule has 0 atom stereocenters. The molecule has 0 unspecified atom stereocenters. The number of hydrogen-bond acceptors (Lipinski definition) is 2. The highest BCUT2D eigenvalue weighted by Gasteiger charge is 2.14. The maximum absolute atomic E-state index is 13.5. The first-order chi connectivity index (χ1) is 10.5. The van der Waals surface area contributed by atoms with E-state index in [-0.39, 0.29) is 17.6 Å². The van der Waals surface area contributed by atoms with Crippen molar-refractivity contribution in [3.05, 3.63) is 24.0 Å². The van der Waals surface area contributed by atoms with Crippen molar-refractivity contribution in [3.63, 3.8) is 0 Å². The van der Waals surface area contributed by atoms with Gasteiger partial charge in [-0.05, 0) is 37.0 Å². The molecule has 6 heteroatoms. The Bertz CT molecular complexity index is 542. The molecule has 1 aromatic carbocycles. The first-order valence-electron chi connectivity index (χ1n) is 7.66. The number of anilines is 2. The van der Waals surface area contributed by atoms with E-state index in [1.165, 1.54) is 44.4 Å². The van der Waals surface area contributed by atoms with Gasteiger partial charge >= 0.3 is 6.03 Å². The van der Waals surface area contributed by atoms with Crippen LogP contribution in [0, 0.1) is 11.7 Å². The molecule has 1 aromatic rings. The predicted octanol–water partition coefficient (Wildman–Crippen LogP) is 3.49. The molecular formula is C16H22FN3O2. The maximum atomic E-state index is 13.5. The smallest absolute Gasteiger partial charge is 0.319 e. The minimum atomic E-state index is -0.539. The second-order valence-electron chi connectivity index (χ2n) is 5.71. The van der Waals surface area contributed by atoms with E-state index in [0.29, 0.717) is 18.2 Å². The van der Waals surface area contributed by atoms with Gasteiger partial charge in [-0.1, -0.05) is 19.3 Å². The van der Waals surface area contributed by atoms with E-state index < -0.39 is 5.82 Å². The number of carbonyl (C=O) groups is 2. The van der Waals surface area contributed by atoms with E-state index in [9.17, 15) is 14.0 Å². The summed E-state index contributed by atoms with van der Waals surface area (Å²) in [7, 11) is 0. The molecule has 0 bridgehead atoms. The minimum absolute atomic E-state index is 0.0533. The van der Waals surface area contributed by atoms with Gasteiger partial charge in [0.05, 0.1) is 5.69 Å². The number of halogens is 1. The van der Waals surface area contributed by atoms with Crippen LogP contribution in [0.4, 0.5) is 20.6 Å². The van der Waals surface area contributed by atoms with Gasteiger partial charge < -0.3 is 16.0 Å². The fourth-order valence-electron chi connectivity index (χ4n) is 2.69. The van der Waals surface area contributed by atoms with E-state index in [4.69, 9.17) is 0 Å². The molecule has 3 N–H and O–H groups in total. The van der Waals surface area contributed by atoms with E-state index in [1.807, 2.05) is 0 Å². The van der Waals surface area contributed by atoms with Gasteiger partial charge in [-0.15, -0.1) is 0 Å². The molecular weight excluding hydrogens is 285 g/mol. The van der Waals surface area contributed by atoms with Crippen molar-refractivity contribution in [2.24, 2.45) is 5.92 Å². The average molecular weight is 307 g/mol. The zero-order chi connectivity index (χ0) is 15.9. The Balaban J connectivity index is 1.86. The van der Waals surface area contributed by atoms with Gasteiger partial charge in [0.1, 0.15) is 5.82 Å². The van der Waals surface area contributed by atoms with Crippen molar-refractivity contribution >= 4 is 23.3 Å². The molecule has 0 radical (unpaired) electrons. The van der Waals surface area contributed by atoms with E-state index in [2.05, 4.69) is 16.0 Å². The molecule has 1 saturated carbocycles. The summed E-state index contributed by atoms with van der Waals surface area (Å²) in [5.41, 5.74) is 0.490. The molecule has 0 aliphatic heterocycles. The van der Waals surface area contributed by atoms with Crippen LogP contribution in [-0.4, -0.2) is 18.5 Å². The van der Waals surface area contributed by atoms with E-state index >= 15 is 0 Å². The summed E-state index contributed by atoms with van der Waals surface area (Å²) in [4.78, 5) is 22.9. The second kappa shape index (κ2) is 7.77. The Labute approximate surface area is 129 Å². The molecule has 3 amide bonds. The molecule has 0 heterocycles. The van der Waals surface area contributed by atoms with Gasteiger partial charge in [-0.2, -0.15) is 0 Å². The summed E-state index contributed by atoms with van der Waals surface area (Å²) in [6.45, 7) is 1.96. The highest BCUT2D eigenvalue weighted by Crippen LogP contribution is 2.23. The zero-order valence-corrected chi connectivity index (χ0v) is 12.7. The fraction of sp³-hybridized carbons (Fsp3) is 0.500. The number of carbonyl (C=O) groups excluding carboxylic acids is 2. The first kappa shape index (κ1) is 16.3. The lowest BCUT2D eigenvalue weighted by molar-refractivity contribution is -0.114. The highest BCUT2D eigenvalue weighted by atomic mass is 19.1. The topological polar surface area (TPSA) is 70.2 Å². The average Bonchev–Trinajstić information content (AvgIpc) is 2.49. The van der Waals surface area contributed by atoms with Crippen LogP contribution in [0.5, 0.6) is 0 Å². The molecule has 1 fully saturated rings. The molecule has 0 spiro atoms. The SMILES string of the molecule is CC(=O)Nc1cc(NC(=O)NCC2CCCCC2)ccc1F. The van der Waals surface area contributed by atoms with Crippen molar-refractivity contribution in [3.8, 4) is 0 Å². The number of nitrogens with one attached hydrogen (secondary N) is 3.